The highest BCUT2D eigenvalue weighted by molar-refractivity contribution is 5.49. The van der Waals surface area contributed by atoms with Gasteiger partial charge in [0.1, 0.15) is 11.5 Å². The van der Waals surface area contributed by atoms with Gasteiger partial charge in [0.05, 0.1) is 0 Å². The van der Waals surface area contributed by atoms with E-state index in [4.69, 9.17) is 14.2 Å². The van der Waals surface area contributed by atoms with Crippen molar-refractivity contribution in [2.75, 3.05) is 13.8 Å². The molecule has 2 aromatic rings. The molecule has 4 nitrogen and oxygen atoms in total. The van der Waals surface area contributed by atoms with Crippen molar-refractivity contribution >= 4 is 0 Å². The van der Waals surface area contributed by atoms with Gasteiger partial charge in [0, 0.05) is 12.6 Å². The minimum atomic E-state index is 0.273. The second-order valence-corrected chi connectivity index (χ2v) is 4.75. The summed E-state index contributed by atoms with van der Waals surface area (Å²) >= 11 is 0. The minimum Gasteiger partial charge on any atom is -0.457 e. The number of aryl methyl sites for hydroxylation is 1. The van der Waals surface area contributed by atoms with Gasteiger partial charge in [0.15, 0.2) is 11.5 Å². The van der Waals surface area contributed by atoms with Gasteiger partial charge in [-0.1, -0.05) is 12.1 Å². The number of fused-ring (bicyclic) bond motifs is 1. The molecule has 0 atom stereocenters. The molecule has 1 aliphatic heterocycles. The summed E-state index contributed by atoms with van der Waals surface area (Å²) in [6, 6.07) is 11.8. The standard InChI is InChI=1S/C16H17NO3/c1-11-3-4-12(9-17-2)7-15(11)20-13-5-6-14-16(8-13)19-10-18-14/h3-8,17H,9-10H2,1-2H3. The lowest BCUT2D eigenvalue weighted by Gasteiger charge is -2.11. The summed E-state index contributed by atoms with van der Waals surface area (Å²) in [6.45, 7) is 3.12. The van der Waals surface area contributed by atoms with Crippen LogP contribution in [-0.2, 0) is 6.54 Å². The Morgan fingerprint density at radius 2 is 1.95 bits per heavy atom. The molecular formula is C16H17NO3. The fraction of sp³-hybridized carbons (Fsp3) is 0.250. The molecule has 0 unspecified atom stereocenters. The van der Waals surface area contributed by atoms with Crippen LogP contribution in [0.2, 0.25) is 0 Å². The van der Waals surface area contributed by atoms with E-state index in [0.29, 0.717) is 0 Å². The van der Waals surface area contributed by atoms with Crippen LogP contribution in [0, 0.1) is 6.92 Å². The van der Waals surface area contributed by atoms with E-state index in [9.17, 15) is 0 Å². The van der Waals surface area contributed by atoms with Gasteiger partial charge >= 0.3 is 0 Å². The Morgan fingerprint density at radius 3 is 2.80 bits per heavy atom. The van der Waals surface area contributed by atoms with Crippen molar-refractivity contribution in [2.45, 2.75) is 13.5 Å². The van der Waals surface area contributed by atoms with Crippen LogP contribution in [0.15, 0.2) is 36.4 Å². The van der Waals surface area contributed by atoms with Crippen LogP contribution >= 0.6 is 0 Å². The Labute approximate surface area is 118 Å². The third kappa shape index (κ3) is 2.56. The van der Waals surface area contributed by atoms with Gasteiger partial charge in [-0.2, -0.15) is 0 Å². The monoisotopic (exact) mass is 271 g/mol. The highest BCUT2D eigenvalue weighted by atomic mass is 16.7. The molecule has 0 radical (unpaired) electrons. The molecule has 1 heterocycles. The van der Waals surface area contributed by atoms with Crippen LogP contribution in [0.1, 0.15) is 11.1 Å². The van der Waals surface area contributed by atoms with Crippen LogP contribution in [0.4, 0.5) is 0 Å². The van der Waals surface area contributed by atoms with Crippen LogP contribution in [0.25, 0.3) is 0 Å². The van der Waals surface area contributed by atoms with Crippen molar-refractivity contribution in [2.24, 2.45) is 0 Å². The second kappa shape index (κ2) is 5.43. The van der Waals surface area contributed by atoms with Gasteiger partial charge in [-0.05, 0) is 43.3 Å². The molecule has 0 fully saturated rings. The summed E-state index contributed by atoms with van der Waals surface area (Å²) in [7, 11) is 1.93. The largest absolute Gasteiger partial charge is 0.457 e. The third-order valence-electron chi connectivity index (χ3n) is 3.21. The quantitative estimate of drug-likeness (QED) is 0.926. The first-order chi connectivity index (χ1) is 9.76. The average molecular weight is 271 g/mol. The van der Waals surface area contributed by atoms with Gasteiger partial charge in [0.2, 0.25) is 6.79 Å². The summed E-state index contributed by atoms with van der Waals surface area (Å²) in [5.41, 5.74) is 2.29. The fourth-order valence-corrected chi connectivity index (χ4v) is 2.14. The van der Waals surface area contributed by atoms with Crippen molar-refractivity contribution < 1.29 is 14.2 Å². The normalized spacial score (nSPS) is 12.5. The van der Waals surface area contributed by atoms with E-state index in [1.807, 2.05) is 32.2 Å². The first kappa shape index (κ1) is 12.8. The van der Waals surface area contributed by atoms with E-state index >= 15 is 0 Å². The van der Waals surface area contributed by atoms with E-state index in [1.54, 1.807) is 0 Å². The Hall–Kier alpha value is -2.20. The predicted molar refractivity (Wildman–Crippen MR) is 76.6 cm³/mol. The lowest BCUT2D eigenvalue weighted by atomic mass is 10.1. The number of hydrogen-bond acceptors (Lipinski definition) is 4. The molecule has 0 saturated heterocycles. The fourth-order valence-electron chi connectivity index (χ4n) is 2.14. The lowest BCUT2D eigenvalue weighted by molar-refractivity contribution is 0.174. The Balaban J connectivity index is 1.85. The van der Waals surface area contributed by atoms with Gasteiger partial charge < -0.3 is 19.5 Å². The maximum absolute atomic E-state index is 5.96. The van der Waals surface area contributed by atoms with Gasteiger partial charge in [-0.3, -0.25) is 0 Å². The van der Waals surface area contributed by atoms with Crippen molar-refractivity contribution in [1.29, 1.82) is 0 Å². The first-order valence-corrected chi connectivity index (χ1v) is 6.58. The van der Waals surface area contributed by atoms with E-state index in [1.165, 1.54) is 5.56 Å². The number of nitrogens with one attached hydrogen (secondary N) is 1. The zero-order chi connectivity index (χ0) is 13.9. The summed E-state index contributed by atoms with van der Waals surface area (Å²) in [6.07, 6.45) is 0. The summed E-state index contributed by atoms with van der Waals surface area (Å²) < 4.78 is 16.6. The summed E-state index contributed by atoms with van der Waals surface area (Å²) in [5, 5.41) is 3.14. The van der Waals surface area contributed by atoms with Crippen molar-refractivity contribution in [1.82, 2.24) is 5.32 Å². The van der Waals surface area contributed by atoms with Crippen LogP contribution in [-0.4, -0.2) is 13.8 Å². The maximum Gasteiger partial charge on any atom is 0.231 e. The van der Waals surface area contributed by atoms with E-state index < -0.39 is 0 Å². The van der Waals surface area contributed by atoms with Crippen molar-refractivity contribution in [3.05, 3.63) is 47.5 Å². The molecule has 20 heavy (non-hydrogen) atoms. The highest BCUT2D eigenvalue weighted by Gasteiger charge is 2.14. The Kier molecular flexibility index (Phi) is 3.48. The van der Waals surface area contributed by atoms with Crippen molar-refractivity contribution in [3.63, 3.8) is 0 Å². The zero-order valence-electron chi connectivity index (χ0n) is 11.6. The summed E-state index contributed by atoms with van der Waals surface area (Å²) in [4.78, 5) is 0. The molecule has 4 heteroatoms. The van der Waals surface area contributed by atoms with Crippen molar-refractivity contribution in [3.8, 4) is 23.0 Å². The molecule has 2 aromatic carbocycles. The second-order valence-electron chi connectivity index (χ2n) is 4.75. The first-order valence-electron chi connectivity index (χ1n) is 6.58. The van der Waals surface area contributed by atoms with Gasteiger partial charge in [0.25, 0.3) is 0 Å². The van der Waals surface area contributed by atoms with Gasteiger partial charge in [-0.25, -0.2) is 0 Å². The molecule has 3 rings (SSSR count). The average Bonchev–Trinajstić information content (AvgIpc) is 2.90. The van der Waals surface area contributed by atoms with Crippen LogP contribution < -0.4 is 19.5 Å². The minimum absolute atomic E-state index is 0.273. The van der Waals surface area contributed by atoms with E-state index in [0.717, 1.165) is 35.1 Å². The van der Waals surface area contributed by atoms with E-state index in [2.05, 4.69) is 23.5 Å². The maximum atomic E-state index is 5.96. The molecule has 1 aliphatic rings. The number of ether oxygens (including phenoxy) is 3. The molecule has 104 valence electrons. The number of rotatable bonds is 4. The van der Waals surface area contributed by atoms with Gasteiger partial charge in [-0.15, -0.1) is 0 Å². The molecule has 0 bridgehead atoms. The van der Waals surface area contributed by atoms with Crippen LogP contribution in [0.5, 0.6) is 23.0 Å². The molecule has 0 amide bonds. The Bertz CT molecular complexity index is 625. The Morgan fingerprint density at radius 1 is 1.10 bits per heavy atom. The number of hydrogen-bond donors (Lipinski definition) is 1. The third-order valence-corrected chi connectivity index (χ3v) is 3.21. The van der Waals surface area contributed by atoms with Crippen LogP contribution in [0.3, 0.4) is 0 Å². The highest BCUT2D eigenvalue weighted by Crippen LogP contribution is 2.37. The zero-order valence-corrected chi connectivity index (χ0v) is 11.6. The molecule has 0 saturated carbocycles. The predicted octanol–water partition coefficient (Wildman–Crippen LogP) is 3.24. The molecule has 0 aromatic heterocycles. The topological polar surface area (TPSA) is 39.7 Å². The summed E-state index contributed by atoms with van der Waals surface area (Å²) in [5.74, 6) is 3.10. The molecular weight excluding hydrogens is 254 g/mol. The SMILES string of the molecule is CNCc1ccc(C)c(Oc2ccc3c(c2)OCO3)c1. The molecule has 1 N–H and O–H groups in total. The van der Waals surface area contributed by atoms with E-state index in [-0.39, 0.29) is 6.79 Å². The number of benzene rings is 2. The molecule has 0 aliphatic carbocycles. The smallest absolute Gasteiger partial charge is 0.231 e. The molecule has 0 spiro atoms. The lowest BCUT2D eigenvalue weighted by Crippen LogP contribution is -2.05.